The lowest BCUT2D eigenvalue weighted by Crippen LogP contribution is -2.34. The summed E-state index contributed by atoms with van der Waals surface area (Å²) >= 11 is 0. The van der Waals surface area contributed by atoms with Gasteiger partial charge >= 0.3 is 0 Å². The van der Waals surface area contributed by atoms with Gasteiger partial charge in [0.05, 0.1) is 7.11 Å². The fraction of sp³-hybridized carbons (Fsp3) is 0.571. The number of ether oxygens (including phenoxy) is 1. The van der Waals surface area contributed by atoms with Gasteiger partial charge in [-0.25, -0.2) is 0 Å². The summed E-state index contributed by atoms with van der Waals surface area (Å²) in [6.45, 7) is 4.37. The van der Waals surface area contributed by atoms with E-state index in [-0.39, 0.29) is 6.04 Å². The van der Waals surface area contributed by atoms with Gasteiger partial charge in [0.1, 0.15) is 5.75 Å². The van der Waals surface area contributed by atoms with Crippen LogP contribution in [0.2, 0.25) is 0 Å². The molecule has 1 saturated heterocycles. The molecule has 0 aromatic heterocycles. The van der Waals surface area contributed by atoms with Crippen LogP contribution in [0.5, 0.6) is 5.75 Å². The molecular formula is C14H22N2O. The minimum absolute atomic E-state index is 0.0340. The lowest BCUT2D eigenvalue weighted by Gasteiger charge is -2.25. The Morgan fingerprint density at radius 1 is 1.47 bits per heavy atom. The van der Waals surface area contributed by atoms with Crippen molar-refractivity contribution in [1.82, 2.24) is 4.90 Å². The minimum atomic E-state index is 0.0340. The predicted octanol–water partition coefficient (Wildman–Crippen LogP) is 2.18. The van der Waals surface area contributed by atoms with E-state index in [2.05, 4.69) is 17.9 Å². The molecule has 0 bridgehead atoms. The summed E-state index contributed by atoms with van der Waals surface area (Å²) < 4.78 is 5.36. The van der Waals surface area contributed by atoms with Crippen molar-refractivity contribution in [3.05, 3.63) is 29.8 Å². The first-order valence-electron chi connectivity index (χ1n) is 6.35. The highest BCUT2D eigenvalue weighted by Crippen LogP contribution is 2.26. The quantitative estimate of drug-likeness (QED) is 0.868. The molecule has 1 aromatic carbocycles. The van der Waals surface area contributed by atoms with E-state index in [1.807, 2.05) is 18.2 Å². The summed E-state index contributed by atoms with van der Waals surface area (Å²) in [5, 5.41) is 0. The normalized spacial score (nSPS) is 22.6. The molecule has 17 heavy (non-hydrogen) atoms. The highest BCUT2D eigenvalue weighted by molar-refractivity contribution is 5.35. The molecule has 94 valence electrons. The molecule has 1 aliphatic heterocycles. The van der Waals surface area contributed by atoms with Crippen LogP contribution in [0.1, 0.15) is 31.4 Å². The number of para-hydroxylation sites is 1. The minimum Gasteiger partial charge on any atom is -0.496 e. The predicted molar refractivity (Wildman–Crippen MR) is 70.2 cm³/mol. The fourth-order valence-corrected chi connectivity index (χ4v) is 2.59. The number of nitrogens with zero attached hydrogens (tertiary/aromatic N) is 1. The van der Waals surface area contributed by atoms with E-state index < -0.39 is 0 Å². The van der Waals surface area contributed by atoms with Crippen molar-refractivity contribution in [3.63, 3.8) is 0 Å². The maximum Gasteiger partial charge on any atom is 0.123 e. The van der Waals surface area contributed by atoms with E-state index in [4.69, 9.17) is 10.5 Å². The lowest BCUT2D eigenvalue weighted by atomic mass is 10.1. The Morgan fingerprint density at radius 2 is 2.24 bits per heavy atom. The highest BCUT2D eigenvalue weighted by Gasteiger charge is 2.23. The number of methoxy groups -OCH3 is 1. The Morgan fingerprint density at radius 3 is 2.88 bits per heavy atom. The fourth-order valence-electron chi connectivity index (χ4n) is 2.59. The molecule has 1 aromatic rings. The molecule has 1 aliphatic rings. The van der Waals surface area contributed by atoms with Gasteiger partial charge in [0, 0.05) is 24.2 Å². The van der Waals surface area contributed by atoms with Crippen LogP contribution in [0.15, 0.2) is 24.3 Å². The summed E-state index contributed by atoms with van der Waals surface area (Å²) in [5.74, 6) is 0.895. The Bertz CT molecular complexity index is 367. The molecule has 1 heterocycles. The second-order valence-electron chi connectivity index (χ2n) is 4.83. The first-order chi connectivity index (χ1) is 8.22. The molecule has 1 fully saturated rings. The SMILES string of the molecule is COc1ccccc1C(N)CN1CCCC1C. The maximum atomic E-state index is 6.29. The van der Waals surface area contributed by atoms with Crippen molar-refractivity contribution in [2.24, 2.45) is 5.73 Å². The van der Waals surface area contributed by atoms with Gasteiger partial charge in [0.2, 0.25) is 0 Å². The van der Waals surface area contributed by atoms with Crippen LogP contribution in [-0.4, -0.2) is 31.1 Å². The molecule has 2 unspecified atom stereocenters. The van der Waals surface area contributed by atoms with Gasteiger partial charge in [-0.05, 0) is 32.4 Å². The van der Waals surface area contributed by atoms with Crippen LogP contribution in [0, 0.1) is 0 Å². The van der Waals surface area contributed by atoms with E-state index in [0.717, 1.165) is 17.9 Å². The Kier molecular flexibility index (Phi) is 4.02. The van der Waals surface area contributed by atoms with Gasteiger partial charge < -0.3 is 10.5 Å². The van der Waals surface area contributed by atoms with Gasteiger partial charge in [-0.2, -0.15) is 0 Å². The molecule has 0 spiro atoms. The summed E-state index contributed by atoms with van der Waals surface area (Å²) in [5.41, 5.74) is 7.40. The first-order valence-corrected chi connectivity index (χ1v) is 6.35. The maximum absolute atomic E-state index is 6.29. The number of hydrogen-bond acceptors (Lipinski definition) is 3. The van der Waals surface area contributed by atoms with Crippen molar-refractivity contribution < 1.29 is 4.74 Å². The van der Waals surface area contributed by atoms with E-state index in [1.165, 1.54) is 19.4 Å². The average Bonchev–Trinajstić information content (AvgIpc) is 2.75. The van der Waals surface area contributed by atoms with Crippen LogP contribution < -0.4 is 10.5 Å². The van der Waals surface area contributed by atoms with Gasteiger partial charge in [0.15, 0.2) is 0 Å². The molecule has 2 rings (SSSR count). The number of benzene rings is 1. The molecule has 3 heteroatoms. The molecule has 0 amide bonds. The van der Waals surface area contributed by atoms with Crippen LogP contribution in [0.3, 0.4) is 0 Å². The smallest absolute Gasteiger partial charge is 0.123 e. The highest BCUT2D eigenvalue weighted by atomic mass is 16.5. The second-order valence-corrected chi connectivity index (χ2v) is 4.83. The van der Waals surface area contributed by atoms with Crippen molar-refractivity contribution in [1.29, 1.82) is 0 Å². The zero-order valence-electron chi connectivity index (χ0n) is 10.7. The third kappa shape index (κ3) is 2.79. The summed E-state index contributed by atoms with van der Waals surface area (Å²) in [7, 11) is 1.70. The molecular weight excluding hydrogens is 212 g/mol. The third-order valence-corrected chi connectivity index (χ3v) is 3.66. The van der Waals surface area contributed by atoms with Crippen molar-refractivity contribution in [2.45, 2.75) is 31.8 Å². The van der Waals surface area contributed by atoms with Gasteiger partial charge in [0.25, 0.3) is 0 Å². The molecule has 0 saturated carbocycles. The first kappa shape index (κ1) is 12.4. The van der Waals surface area contributed by atoms with E-state index >= 15 is 0 Å². The average molecular weight is 234 g/mol. The number of nitrogens with two attached hydrogens (primary N) is 1. The number of hydrogen-bond donors (Lipinski definition) is 1. The van der Waals surface area contributed by atoms with Crippen molar-refractivity contribution >= 4 is 0 Å². The third-order valence-electron chi connectivity index (χ3n) is 3.66. The van der Waals surface area contributed by atoms with Crippen molar-refractivity contribution in [2.75, 3.05) is 20.2 Å². The van der Waals surface area contributed by atoms with Crippen LogP contribution in [0.25, 0.3) is 0 Å². The molecule has 2 N–H and O–H groups in total. The molecule has 0 aliphatic carbocycles. The number of rotatable bonds is 4. The largest absolute Gasteiger partial charge is 0.496 e. The lowest BCUT2D eigenvalue weighted by molar-refractivity contribution is 0.250. The topological polar surface area (TPSA) is 38.5 Å². The molecule has 3 nitrogen and oxygen atoms in total. The van der Waals surface area contributed by atoms with Gasteiger partial charge in [-0.3, -0.25) is 4.90 Å². The van der Waals surface area contributed by atoms with E-state index in [0.29, 0.717) is 6.04 Å². The Hall–Kier alpha value is -1.06. The number of likely N-dealkylation sites (tertiary alicyclic amines) is 1. The molecule has 0 radical (unpaired) electrons. The van der Waals surface area contributed by atoms with Crippen LogP contribution in [0.4, 0.5) is 0 Å². The second kappa shape index (κ2) is 5.52. The standard InChI is InChI=1S/C14H22N2O/c1-11-6-5-9-16(11)10-13(15)12-7-3-4-8-14(12)17-2/h3-4,7-8,11,13H,5-6,9-10,15H2,1-2H3. The zero-order valence-corrected chi connectivity index (χ0v) is 10.7. The monoisotopic (exact) mass is 234 g/mol. The van der Waals surface area contributed by atoms with E-state index in [9.17, 15) is 0 Å². The van der Waals surface area contributed by atoms with E-state index in [1.54, 1.807) is 7.11 Å². The Labute approximate surface area is 104 Å². The summed E-state index contributed by atoms with van der Waals surface area (Å²) in [4.78, 5) is 2.47. The van der Waals surface area contributed by atoms with Crippen molar-refractivity contribution in [3.8, 4) is 5.75 Å². The Balaban J connectivity index is 2.06. The summed E-state index contributed by atoms with van der Waals surface area (Å²) in [6, 6.07) is 8.73. The van der Waals surface area contributed by atoms with Crippen LogP contribution >= 0.6 is 0 Å². The zero-order chi connectivity index (χ0) is 12.3. The van der Waals surface area contributed by atoms with Crippen LogP contribution in [-0.2, 0) is 0 Å². The summed E-state index contributed by atoms with van der Waals surface area (Å²) in [6.07, 6.45) is 2.58. The van der Waals surface area contributed by atoms with Gasteiger partial charge in [-0.15, -0.1) is 0 Å². The van der Waals surface area contributed by atoms with Gasteiger partial charge in [-0.1, -0.05) is 18.2 Å². The molecule has 2 atom stereocenters.